The summed E-state index contributed by atoms with van der Waals surface area (Å²) in [5.74, 6) is -0.0103. The number of rotatable bonds is 7. The maximum Gasteiger partial charge on any atom is 0.251 e. The fourth-order valence-electron chi connectivity index (χ4n) is 1.80. The fraction of sp³-hybridized carbons (Fsp3) is 0.500. The lowest BCUT2D eigenvalue weighted by atomic mass is 10.2. The Kier molecular flexibility index (Phi) is 6.98. The third-order valence-electron chi connectivity index (χ3n) is 2.79. The molecule has 0 saturated carbocycles. The van der Waals surface area contributed by atoms with Gasteiger partial charge < -0.3 is 10.2 Å². The monoisotopic (exact) mass is 312 g/mol. The fourth-order valence-corrected chi connectivity index (χ4v) is 2.20. The molecule has 0 spiro atoms. The highest BCUT2D eigenvalue weighted by Crippen LogP contribution is 2.11. The van der Waals surface area contributed by atoms with E-state index in [0.29, 0.717) is 12.1 Å². The molecule has 0 aromatic heterocycles. The van der Waals surface area contributed by atoms with Gasteiger partial charge in [-0.05, 0) is 37.7 Å². The van der Waals surface area contributed by atoms with Gasteiger partial charge in [-0.2, -0.15) is 0 Å². The molecule has 0 heterocycles. The van der Waals surface area contributed by atoms with E-state index >= 15 is 0 Å². The summed E-state index contributed by atoms with van der Waals surface area (Å²) >= 11 is 3.37. The van der Waals surface area contributed by atoms with Crippen LogP contribution in [-0.2, 0) is 0 Å². The molecule has 3 nitrogen and oxygen atoms in total. The third kappa shape index (κ3) is 5.19. The molecule has 0 unspecified atom stereocenters. The molecule has 18 heavy (non-hydrogen) atoms. The third-order valence-corrected chi connectivity index (χ3v) is 3.28. The highest BCUT2D eigenvalue weighted by molar-refractivity contribution is 9.10. The number of amides is 1. The van der Waals surface area contributed by atoms with Crippen LogP contribution in [0.2, 0.25) is 0 Å². The van der Waals surface area contributed by atoms with Crippen LogP contribution in [-0.4, -0.2) is 37.0 Å². The molecule has 0 fully saturated rings. The number of halogens is 1. The van der Waals surface area contributed by atoms with Crippen molar-refractivity contribution in [3.63, 3.8) is 0 Å². The smallest absolute Gasteiger partial charge is 0.251 e. The summed E-state index contributed by atoms with van der Waals surface area (Å²) in [6, 6.07) is 7.44. The zero-order chi connectivity index (χ0) is 13.4. The topological polar surface area (TPSA) is 32.3 Å². The quantitative estimate of drug-likeness (QED) is 0.839. The number of benzene rings is 1. The molecule has 0 aliphatic heterocycles. The van der Waals surface area contributed by atoms with Crippen molar-refractivity contribution in [1.29, 1.82) is 0 Å². The summed E-state index contributed by atoms with van der Waals surface area (Å²) < 4.78 is 0.927. The second-order valence-electron chi connectivity index (χ2n) is 4.20. The van der Waals surface area contributed by atoms with Gasteiger partial charge in [-0.25, -0.2) is 0 Å². The Hall–Kier alpha value is -0.870. The molecule has 0 saturated heterocycles. The number of carbonyl (C=O) groups excluding carboxylic acids is 1. The maximum absolute atomic E-state index is 11.9. The Labute approximate surface area is 118 Å². The van der Waals surface area contributed by atoms with E-state index in [1.165, 1.54) is 0 Å². The van der Waals surface area contributed by atoms with Crippen molar-refractivity contribution in [2.45, 2.75) is 20.3 Å². The van der Waals surface area contributed by atoms with E-state index in [1.807, 2.05) is 24.3 Å². The highest BCUT2D eigenvalue weighted by atomic mass is 79.9. The Bertz CT molecular complexity index is 382. The van der Waals surface area contributed by atoms with E-state index in [4.69, 9.17) is 0 Å². The molecule has 1 amide bonds. The minimum absolute atomic E-state index is 0.0103. The van der Waals surface area contributed by atoms with Gasteiger partial charge in [0.2, 0.25) is 0 Å². The molecule has 0 atom stereocenters. The molecule has 0 bridgehead atoms. The SMILES string of the molecule is CCCN(CC)CCNC(=O)c1cccc(Br)c1. The molecule has 0 aliphatic rings. The summed E-state index contributed by atoms with van der Waals surface area (Å²) in [5.41, 5.74) is 0.697. The van der Waals surface area contributed by atoms with Crippen LogP contribution in [0.3, 0.4) is 0 Å². The van der Waals surface area contributed by atoms with Crippen LogP contribution in [0, 0.1) is 0 Å². The molecule has 1 rings (SSSR count). The van der Waals surface area contributed by atoms with E-state index in [2.05, 4.69) is 40.0 Å². The van der Waals surface area contributed by atoms with Crippen molar-refractivity contribution in [2.75, 3.05) is 26.2 Å². The van der Waals surface area contributed by atoms with Gasteiger partial charge in [0, 0.05) is 23.1 Å². The molecule has 0 aliphatic carbocycles. The minimum Gasteiger partial charge on any atom is -0.351 e. The largest absolute Gasteiger partial charge is 0.351 e. The van der Waals surface area contributed by atoms with Crippen LogP contribution < -0.4 is 5.32 Å². The summed E-state index contributed by atoms with van der Waals surface area (Å²) in [7, 11) is 0. The average Bonchev–Trinajstić information content (AvgIpc) is 2.37. The number of nitrogens with one attached hydrogen (secondary N) is 1. The van der Waals surface area contributed by atoms with Gasteiger partial charge in [0.05, 0.1) is 0 Å². The maximum atomic E-state index is 11.9. The lowest BCUT2D eigenvalue weighted by Gasteiger charge is -2.19. The molecular formula is C14H21BrN2O. The second-order valence-corrected chi connectivity index (χ2v) is 5.12. The van der Waals surface area contributed by atoms with Crippen molar-refractivity contribution in [1.82, 2.24) is 10.2 Å². The van der Waals surface area contributed by atoms with Crippen LogP contribution in [0.15, 0.2) is 28.7 Å². The Balaban J connectivity index is 2.37. The van der Waals surface area contributed by atoms with Crippen LogP contribution in [0.4, 0.5) is 0 Å². The van der Waals surface area contributed by atoms with Gasteiger partial charge in [-0.1, -0.05) is 35.8 Å². The van der Waals surface area contributed by atoms with E-state index in [-0.39, 0.29) is 5.91 Å². The normalized spacial score (nSPS) is 10.7. The van der Waals surface area contributed by atoms with E-state index < -0.39 is 0 Å². The molecule has 1 N–H and O–H groups in total. The first-order chi connectivity index (χ1) is 8.67. The first-order valence-electron chi connectivity index (χ1n) is 6.43. The predicted molar refractivity (Wildman–Crippen MR) is 78.9 cm³/mol. The van der Waals surface area contributed by atoms with Gasteiger partial charge in [-0.15, -0.1) is 0 Å². The molecule has 1 aromatic rings. The predicted octanol–water partition coefficient (Wildman–Crippen LogP) is 2.91. The average molecular weight is 313 g/mol. The number of hydrogen-bond donors (Lipinski definition) is 1. The second kappa shape index (κ2) is 8.27. The lowest BCUT2D eigenvalue weighted by Crippen LogP contribution is -2.35. The van der Waals surface area contributed by atoms with Crippen LogP contribution in [0.1, 0.15) is 30.6 Å². The van der Waals surface area contributed by atoms with E-state index in [9.17, 15) is 4.79 Å². The van der Waals surface area contributed by atoms with Crippen molar-refractivity contribution in [2.24, 2.45) is 0 Å². The zero-order valence-electron chi connectivity index (χ0n) is 11.1. The number of hydrogen-bond acceptors (Lipinski definition) is 2. The molecule has 100 valence electrons. The molecular weight excluding hydrogens is 292 g/mol. The standard InChI is InChI=1S/C14H21BrN2O/c1-3-9-17(4-2)10-8-16-14(18)12-6-5-7-13(15)11-12/h5-7,11H,3-4,8-10H2,1-2H3,(H,16,18). The van der Waals surface area contributed by atoms with Crippen LogP contribution in [0.25, 0.3) is 0 Å². The number of likely N-dealkylation sites (N-methyl/N-ethyl adjacent to an activating group) is 1. The summed E-state index contributed by atoms with van der Waals surface area (Å²) in [6.45, 7) is 8.03. The van der Waals surface area contributed by atoms with Crippen molar-refractivity contribution in [3.8, 4) is 0 Å². The first kappa shape index (κ1) is 15.2. The first-order valence-corrected chi connectivity index (χ1v) is 7.22. The lowest BCUT2D eigenvalue weighted by molar-refractivity contribution is 0.0948. The highest BCUT2D eigenvalue weighted by Gasteiger charge is 2.06. The minimum atomic E-state index is -0.0103. The van der Waals surface area contributed by atoms with Gasteiger partial charge in [-0.3, -0.25) is 4.79 Å². The molecule has 4 heteroatoms. The summed E-state index contributed by atoms with van der Waals surface area (Å²) in [4.78, 5) is 14.2. The van der Waals surface area contributed by atoms with Crippen molar-refractivity contribution >= 4 is 21.8 Å². The van der Waals surface area contributed by atoms with Crippen LogP contribution in [0.5, 0.6) is 0 Å². The molecule has 1 aromatic carbocycles. The van der Waals surface area contributed by atoms with E-state index in [1.54, 1.807) is 0 Å². The van der Waals surface area contributed by atoms with Gasteiger partial charge in [0.25, 0.3) is 5.91 Å². The summed E-state index contributed by atoms with van der Waals surface area (Å²) in [5, 5.41) is 2.95. The Morgan fingerprint density at radius 1 is 1.33 bits per heavy atom. The Morgan fingerprint density at radius 3 is 2.72 bits per heavy atom. The van der Waals surface area contributed by atoms with Gasteiger partial charge in [0.1, 0.15) is 0 Å². The van der Waals surface area contributed by atoms with E-state index in [0.717, 1.165) is 30.5 Å². The van der Waals surface area contributed by atoms with Crippen LogP contribution >= 0.6 is 15.9 Å². The zero-order valence-corrected chi connectivity index (χ0v) is 12.7. The molecule has 0 radical (unpaired) electrons. The van der Waals surface area contributed by atoms with Gasteiger partial charge in [0.15, 0.2) is 0 Å². The number of nitrogens with zero attached hydrogens (tertiary/aromatic N) is 1. The Morgan fingerprint density at radius 2 is 2.11 bits per heavy atom. The number of carbonyl (C=O) groups is 1. The van der Waals surface area contributed by atoms with Gasteiger partial charge >= 0.3 is 0 Å². The van der Waals surface area contributed by atoms with Crippen molar-refractivity contribution < 1.29 is 4.79 Å². The van der Waals surface area contributed by atoms with Crippen molar-refractivity contribution in [3.05, 3.63) is 34.3 Å². The summed E-state index contributed by atoms with van der Waals surface area (Å²) in [6.07, 6.45) is 1.15.